The maximum atomic E-state index is 9.09. The van der Waals surface area contributed by atoms with Gasteiger partial charge in [-0.05, 0) is 31.4 Å². The number of aromatic nitrogens is 1. The Balaban J connectivity index is 1.45. The molecule has 0 aromatic carbocycles. The fourth-order valence-corrected chi connectivity index (χ4v) is 2.95. The monoisotopic (exact) mass is 244 g/mol. The van der Waals surface area contributed by atoms with Crippen LogP contribution in [0.1, 0.15) is 30.9 Å². The first-order chi connectivity index (χ1) is 8.85. The lowest BCUT2D eigenvalue weighted by atomic mass is 9.77. The van der Waals surface area contributed by atoms with Crippen molar-refractivity contribution in [3.63, 3.8) is 0 Å². The van der Waals surface area contributed by atoms with E-state index in [4.69, 9.17) is 5.11 Å². The first-order valence-corrected chi connectivity index (χ1v) is 6.81. The van der Waals surface area contributed by atoms with E-state index in [1.54, 1.807) is 0 Å². The molecule has 0 aliphatic heterocycles. The number of nitrogens with one attached hydrogen (secondary N) is 1. The summed E-state index contributed by atoms with van der Waals surface area (Å²) in [6.45, 7) is 0.274. The smallest absolute Gasteiger partial charge is 0.0494 e. The fourth-order valence-electron chi connectivity index (χ4n) is 2.95. The van der Waals surface area contributed by atoms with Crippen LogP contribution in [-0.4, -0.2) is 28.8 Å². The lowest BCUT2D eigenvalue weighted by Crippen LogP contribution is -2.44. The normalized spacial score (nSPS) is 34.5. The summed E-state index contributed by atoms with van der Waals surface area (Å²) in [5, 5.41) is 12.7. The highest BCUT2D eigenvalue weighted by Gasteiger charge is 2.32. The minimum atomic E-state index is 0.274. The van der Waals surface area contributed by atoms with Crippen molar-refractivity contribution in [2.45, 2.75) is 37.3 Å². The summed E-state index contributed by atoms with van der Waals surface area (Å²) in [5.74, 6) is 0.983. The van der Waals surface area contributed by atoms with E-state index in [0.717, 1.165) is 6.42 Å². The molecule has 96 valence electrons. The molecule has 0 spiro atoms. The predicted molar refractivity (Wildman–Crippen MR) is 71.3 cm³/mol. The van der Waals surface area contributed by atoms with Gasteiger partial charge in [0.05, 0.1) is 0 Å². The number of hydrogen-bond acceptors (Lipinski definition) is 3. The van der Waals surface area contributed by atoms with Crippen LogP contribution < -0.4 is 5.32 Å². The van der Waals surface area contributed by atoms with Crippen LogP contribution in [0.3, 0.4) is 0 Å². The molecular weight excluding hydrogens is 224 g/mol. The van der Waals surface area contributed by atoms with E-state index in [2.05, 4.69) is 34.6 Å². The molecular formula is C15H20N2O. The number of pyridine rings is 1. The van der Waals surface area contributed by atoms with Crippen molar-refractivity contribution in [1.82, 2.24) is 10.3 Å². The summed E-state index contributed by atoms with van der Waals surface area (Å²) in [7, 11) is 0. The molecule has 1 saturated carbocycles. The molecule has 1 aromatic heterocycles. The van der Waals surface area contributed by atoms with Crippen molar-refractivity contribution >= 4 is 0 Å². The van der Waals surface area contributed by atoms with Crippen LogP contribution in [0.2, 0.25) is 0 Å². The van der Waals surface area contributed by atoms with Crippen LogP contribution in [0.15, 0.2) is 36.5 Å². The molecule has 1 fully saturated rings. The van der Waals surface area contributed by atoms with Crippen LogP contribution in [0.25, 0.3) is 0 Å². The number of rotatable bonds is 4. The van der Waals surface area contributed by atoms with Gasteiger partial charge in [0.1, 0.15) is 0 Å². The molecule has 0 amide bonds. The Morgan fingerprint density at radius 1 is 1.22 bits per heavy atom. The molecule has 18 heavy (non-hydrogen) atoms. The lowest BCUT2D eigenvalue weighted by molar-refractivity contribution is 0.231. The highest BCUT2D eigenvalue weighted by atomic mass is 16.3. The highest BCUT2D eigenvalue weighted by Crippen LogP contribution is 2.36. The molecule has 2 atom stereocenters. The second-order valence-corrected chi connectivity index (χ2v) is 5.46. The summed E-state index contributed by atoms with van der Waals surface area (Å²) >= 11 is 0. The van der Waals surface area contributed by atoms with Gasteiger partial charge < -0.3 is 10.4 Å². The molecule has 2 N–H and O–H groups in total. The maximum absolute atomic E-state index is 9.09. The third-order valence-corrected chi connectivity index (χ3v) is 4.10. The molecule has 2 aliphatic carbocycles. The number of aliphatic hydroxyl groups is 1. The quantitative estimate of drug-likeness (QED) is 0.795. The van der Waals surface area contributed by atoms with Gasteiger partial charge >= 0.3 is 0 Å². The Bertz CT molecular complexity index is 412. The second kappa shape index (κ2) is 5.21. The zero-order valence-corrected chi connectivity index (χ0v) is 10.5. The van der Waals surface area contributed by atoms with Gasteiger partial charge in [0, 0.05) is 42.4 Å². The van der Waals surface area contributed by atoms with Gasteiger partial charge in [-0.2, -0.15) is 0 Å². The molecule has 3 heteroatoms. The third-order valence-electron chi connectivity index (χ3n) is 4.10. The van der Waals surface area contributed by atoms with Gasteiger partial charge in [-0.15, -0.1) is 0 Å². The molecule has 1 aromatic rings. The zero-order valence-electron chi connectivity index (χ0n) is 10.5. The van der Waals surface area contributed by atoms with E-state index < -0.39 is 0 Å². The molecule has 0 unspecified atom stereocenters. The first-order valence-electron chi connectivity index (χ1n) is 6.81. The third kappa shape index (κ3) is 2.47. The van der Waals surface area contributed by atoms with Gasteiger partial charge in [-0.1, -0.05) is 18.2 Å². The SMILES string of the molecule is OC[C@H]1C=C[C@@H](NC2CC(c3ccccn3)C2)C1. The number of hydrogen-bond donors (Lipinski definition) is 2. The van der Waals surface area contributed by atoms with E-state index in [9.17, 15) is 0 Å². The summed E-state index contributed by atoms with van der Waals surface area (Å²) in [6, 6.07) is 7.23. The summed E-state index contributed by atoms with van der Waals surface area (Å²) in [6.07, 6.45) is 9.63. The molecule has 1 heterocycles. The van der Waals surface area contributed by atoms with Crippen molar-refractivity contribution in [1.29, 1.82) is 0 Å². The Labute approximate surface area is 108 Å². The van der Waals surface area contributed by atoms with Gasteiger partial charge in [0.15, 0.2) is 0 Å². The molecule has 0 bridgehead atoms. The topological polar surface area (TPSA) is 45.1 Å². The van der Waals surface area contributed by atoms with E-state index in [1.807, 2.05) is 12.3 Å². The first kappa shape index (κ1) is 11.9. The largest absolute Gasteiger partial charge is 0.396 e. The van der Waals surface area contributed by atoms with Crippen molar-refractivity contribution < 1.29 is 5.11 Å². The van der Waals surface area contributed by atoms with Crippen molar-refractivity contribution in [3.8, 4) is 0 Å². The van der Waals surface area contributed by atoms with E-state index in [1.165, 1.54) is 18.5 Å². The second-order valence-electron chi connectivity index (χ2n) is 5.46. The molecule has 0 saturated heterocycles. The lowest BCUT2D eigenvalue weighted by Gasteiger charge is -2.37. The van der Waals surface area contributed by atoms with E-state index >= 15 is 0 Å². The Hall–Kier alpha value is -1.19. The molecule has 0 radical (unpaired) electrons. The van der Waals surface area contributed by atoms with Crippen LogP contribution in [-0.2, 0) is 0 Å². The number of aliphatic hydroxyl groups excluding tert-OH is 1. The van der Waals surface area contributed by atoms with Gasteiger partial charge in [0.2, 0.25) is 0 Å². The van der Waals surface area contributed by atoms with Crippen LogP contribution in [0, 0.1) is 5.92 Å². The summed E-state index contributed by atoms with van der Waals surface area (Å²) in [4.78, 5) is 4.42. The minimum Gasteiger partial charge on any atom is -0.396 e. The Kier molecular flexibility index (Phi) is 3.43. The van der Waals surface area contributed by atoms with Crippen molar-refractivity contribution in [2.75, 3.05) is 6.61 Å². The van der Waals surface area contributed by atoms with E-state index in [0.29, 0.717) is 23.9 Å². The standard InChI is InChI=1S/C15H20N2O/c18-10-11-4-5-13(7-11)17-14-8-12(9-14)15-3-1-2-6-16-15/h1-6,11-14,17-18H,7-10H2/t11-,12?,13+,14?/m0/s1. The van der Waals surface area contributed by atoms with Gasteiger partial charge in [-0.25, -0.2) is 0 Å². The summed E-state index contributed by atoms with van der Waals surface area (Å²) < 4.78 is 0. The maximum Gasteiger partial charge on any atom is 0.0494 e. The van der Waals surface area contributed by atoms with Gasteiger partial charge in [0.25, 0.3) is 0 Å². The number of nitrogens with zero attached hydrogens (tertiary/aromatic N) is 1. The average Bonchev–Trinajstić information content (AvgIpc) is 2.82. The van der Waals surface area contributed by atoms with Crippen LogP contribution in [0.4, 0.5) is 0 Å². The van der Waals surface area contributed by atoms with E-state index in [-0.39, 0.29) is 6.61 Å². The van der Waals surface area contributed by atoms with Crippen LogP contribution in [0.5, 0.6) is 0 Å². The molecule has 3 rings (SSSR count). The summed E-state index contributed by atoms with van der Waals surface area (Å²) in [5.41, 5.74) is 1.23. The van der Waals surface area contributed by atoms with Crippen LogP contribution >= 0.6 is 0 Å². The molecule has 2 aliphatic rings. The fraction of sp³-hybridized carbons (Fsp3) is 0.533. The van der Waals surface area contributed by atoms with Crippen molar-refractivity contribution in [3.05, 3.63) is 42.2 Å². The Morgan fingerprint density at radius 2 is 2.11 bits per heavy atom. The predicted octanol–water partition coefficient (Wildman–Crippen LogP) is 1.85. The van der Waals surface area contributed by atoms with Gasteiger partial charge in [-0.3, -0.25) is 4.98 Å². The molecule has 3 nitrogen and oxygen atoms in total. The zero-order chi connectivity index (χ0) is 12.4. The Morgan fingerprint density at radius 3 is 2.78 bits per heavy atom. The average molecular weight is 244 g/mol. The highest BCUT2D eigenvalue weighted by molar-refractivity contribution is 5.15. The van der Waals surface area contributed by atoms with Crippen molar-refractivity contribution in [2.24, 2.45) is 5.92 Å². The minimum absolute atomic E-state index is 0.274.